The van der Waals surface area contributed by atoms with Gasteiger partial charge in [-0.15, -0.1) is 0 Å². The van der Waals surface area contributed by atoms with Crippen LogP contribution in [0.2, 0.25) is 0 Å². The summed E-state index contributed by atoms with van der Waals surface area (Å²) in [6, 6.07) is 6.03. The first-order chi connectivity index (χ1) is 9.47. The van der Waals surface area contributed by atoms with Gasteiger partial charge in [0.25, 0.3) is 0 Å². The molecule has 1 aromatic rings. The Morgan fingerprint density at radius 1 is 1.05 bits per heavy atom. The second-order valence-electron chi connectivity index (χ2n) is 5.78. The number of benzene rings is 1. The zero-order valence-corrected chi connectivity index (χ0v) is 14.2. The Kier molecular flexibility index (Phi) is 7.28. The molecule has 0 aliphatic rings. The van der Waals surface area contributed by atoms with Crippen LogP contribution in [-0.4, -0.2) is 19.5 Å². The van der Waals surface area contributed by atoms with Crippen LogP contribution in [0.3, 0.4) is 0 Å². The molecule has 0 aromatic heterocycles. The Morgan fingerprint density at radius 3 is 2.30 bits per heavy atom. The molecular formula is C17H28O2S. The molecule has 0 saturated carbocycles. The molecule has 0 spiro atoms. The highest BCUT2D eigenvalue weighted by Crippen LogP contribution is 2.34. The van der Waals surface area contributed by atoms with Gasteiger partial charge in [0.1, 0.15) is 11.5 Å². The van der Waals surface area contributed by atoms with Gasteiger partial charge in [0, 0.05) is 5.56 Å². The van der Waals surface area contributed by atoms with Crippen molar-refractivity contribution in [3.05, 3.63) is 23.8 Å². The van der Waals surface area contributed by atoms with E-state index in [1.54, 1.807) is 14.2 Å². The third kappa shape index (κ3) is 5.28. The Labute approximate surface area is 129 Å². The fourth-order valence-corrected chi connectivity index (χ4v) is 2.97. The van der Waals surface area contributed by atoms with Crippen molar-refractivity contribution in [1.29, 1.82) is 0 Å². The molecular weight excluding hydrogens is 268 g/mol. The lowest BCUT2D eigenvalue weighted by Gasteiger charge is -2.19. The number of rotatable bonds is 8. The molecule has 3 unspecified atom stereocenters. The van der Waals surface area contributed by atoms with Gasteiger partial charge in [-0.25, -0.2) is 0 Å². The lowest BCUT2D eigenvalue weighted by molar-refractivity contribution is 0.390. The Morgan fingerprint density at radius 2 is 1.75 bits per heavy atom. The zero-order valence-electron chi connectivity index (χ0n) is 13.3. The number of thiol groups is 1. The first-order valence-electron chi connectivity index (χ1n) is 7.37. The first-order valence-corrected chi connectivity index (χ1v) is 7.89. The molecule has 3 heteroatoms. The Bertz CT molecular complexity index is 404. The topological polar surface area (TPSA) is 18.5 Å². The van der Waals surface area contributed by atoms with Crippen molar-refractivity contribution in [3.8, 4) is 11.5 Å². The van der Waals surface area contributed by atoms with Crippen LogP contribution in [-0.2, 0) is 0 Å². The van der Waals surface area contributed by atoms with Crippen LogP contribution in [0.25, 0.3) is 0 Å². The molecule has 2 nitrogen and oxygen atoms in total. The van der Waals surface area contributed by atoms with Crippen LogP contribution >= 0.6 is 12.6 Å². The first kappa shape index (κ1) is 17.2. The predicted octanol–water partition coefficient (Wildman–Crippen LogP) is 4.93. The van der Waals surface area contributed by atoms with Crippen LogP contribution in [0.15, 0.2) is 18.2 Å². The summed E-state index contributed by atoms with van der Waals surface area (Å²) >= 11 is 4.47. The van der Waals surface area contributed by atoms with E-state index in [1.807, 2.05) is 12.1 Å². The number of hydrogen-bond acceptors (Lipinski definition) is 3. The highest BCUT2D eigenvalue weighted by atomic mass is 32.1. The summed E-state index contributed by atoms with van der Waals surface area (Å²) in [5.74, 6) is 3.03. The molecule has 20 heavy (non-hydrogen) atoms. The summed E-state index contributed by atoms with van der Waals surface area (Å²) in [7, 11) is 3.43. The van der Waals surface area contributed by atoms with Crippen molar-refractivity contribution in [3.63, 3.8) is 0 Å². The van der Waals surface area contributed by atoms with Gasteiger partial charge in [0.2, 0.25) is 0 Å². The molecule has 0 aliphatic carbocycles. The second-order valence-corrected chi connectivity index (χ2v) is 6.66. The minimum absolute atomic E-state index is 0.470. The lowest BCUT2D eigenvalue weighted by atomic mass is 9.90. The number of ether oxygens (including phenoxy) is 2. The zero-order chi connectivity index (χ0) is 15.1. The molecule has 0 amide bonds. The highest BCUT2D eigenvalue weighted by Gasteiger charge is 2.15. The molecule has 0 saturated heterocycles. The van der Waals surface area contributed by atoms with Crippen LogP contribution in [0.1, 0.15) is 51.5 Å². The summed E-state index contributed by atoms with van der Waals surface area (Å²) in [5.41, 5.74) is 1.23. The smallest absolute Gasteiger partial charge is 0.122 e. The summed E-state index contributed by atoms with van der Waals surface area (Å²) < 4.78 is 10.8. The Balaban J connectivity index is 2.68. The van der Waals surface area contributed by atoms with Crippen LogP contribution in [0.5, 0.6) is 11.5 Å². The van der Waals surface area contributed by atoms with E-state index in [9.17, 15) is 0 Å². The summed E-state index contributed by atoms with van der Waals surface area (Å²) in [4.78, 5) is 0. The summed E-state index contributed by atoms with van der Waals surface area (Å²) in [5, 5.41) is 0.478. The third-order valence-corrected chi connectivity index (χ3v) is 4.01. The van der Waals surface area contributed by atoms with E-state index < -0.39 is 0 Å². The molecule has 0 aliphatic heterocycles. The standard InChI is InChI=1S/C17H28O2S/c1-12(10-14(3)20)6-7-13(2)16-11-15(18-4)8-9-17(16)19-5/h8-9,11-14,20H,6-7,10H2,1-5H3. The molecule has 0 bridgehead atoms. The van der Waals surface area contributed by atoms with Crippen molar-refractivity contribution in [2.45, 2.75) is 51.2 Å². The lowest BCUT2D eigenvalue weighted by Crippen LogP contribution is -2.05. The maximum atomic E-state index is 5.47. The number of hydrogen-bond donors (Lipinski definition) is 1. The quantitative estimate of drug-likeness (QED) is 0.686. The molecule has 0 N–H and O–H groups in total. The van der Waals surface area contributed by atoms with Crippen molar-refractivity contribution in [2.75, 3.05) is 14.2 Å². The van der Waals surface area contributed by atoms with Gasteiger partial charge in [-0.1, -0.05) is 27.2 Å². The molecule has 114 valence electrons. The van der Waals surface area contributed by atoms with Crippen molar-refractivity contribution < 1.29 is 9.47 Å². The van der Waals surface area contributed by atoms with Crippen molar-refractivity contribution in [1.82, 2.24) is 0 Å². The highest BCUT2D eigenvalue weighted by molar-refractivity contribution is 7.80. The van der Waals surface area contributed by atoms with Gasteiger partial charge in [0.15, 0.2) is 0 Å². The van der Waals surface area contributed by atoms with Crippen LogP contribution < -0.4 is 9.47 Å². The number of methoxy groups -OCH3 is 2. The van der Waals surface area contributed by atoms with Gasteiger partial charge < -0.3 is 9.47 Å². The van der Waals surface area contributed by atoms with E-state index in [0.717, 1.165) is 17.9 Å². The SMILES string of the molecule is COc1ccc(OC)c(C(C)CCC(C)CC(C)S)c1. The van der Waals surface area contributed by atoms with Gasteiger partial charge in [-0.3, -0.25) is 0 Å². The normalized spacial score (nSPS) is 15.5. The second kappa shape index (κ2) is 8.46. The van der Waals surface area contributed by atoms with Gasteiger partial charge in [-0.05, 0) is 48.1 Å². The molecule has 1 rings (SSSR count). The van der Waals surface area contributed by atoms with Gasteiger partial charge >= 0.3 is 0 Å². The average Bonchev–Trinajstić information content (AvgIpc) is 2.43. The minimum atomic E-state index is 0.470. The summed E-state index contributed by atoms with van der Waals surface area (Å²) in [6.07, 6.45) is 3.54. The van der Waals surface area contributed by atoms with Crippen LogP contribution in [0.4, 0.5) is 0 Å². The fourth-order valence-electron chi connectivity index (χ4n) is 2.61. The van der Waals surface area contributed by atoms with E-state index in [-0.39, 0.29) is 0 Å². The predicted molar refractivity (Wildman–Crippen MR) is 89.4 cm³/mol. The molecule has 0 fully saturated rings. The molecule has 0 radical (unpaired) electrons. The van der Waals surface area contributed by atoms with Crippen molar-refractivity contribution in [2.24, 2.45) is 5.92 Å². The largest absolute Gasteiger partial charge is 0.497 e. The Hall–Kier alpha value is -0.830. The fraction of sp³-hybridized carbons (Fsp3) is 0.647. The minimum Gasteiger partial charge on any atom is -0.497 e. The third-order valence-electron chi connectivity index (χ3n) is 3.80. The van der Waals surface area contributed by atoms with E-state index in [4.69, 9.17) is 9.47 Å². The molecule has 0 heterocycles. The van der Waals surface area contributed by atoms with E-state index >= 15 is 0 Å². The molecule has 3 atom stereocenters. The summed E-state index contributed by atoms with van der Waals surface area (Å²) in [6.45, 7) is 6.73. The van der Waals surface area contributed by atoms with Gasteiger partial charge in [-0.2, -0.15) is 12.6 Å². The monoisotopic (exact) mass is 296 g/mol. The average molecular weight is 296 g/mol. The van der Waals surface area contributed by atoms with Crippen molar-refractivity contribution >= 4 is 12.6 Å². The van der Waals surface area contributed by atoms with E-state index in [2.05, 4.69) is 39.5 Å². The van der Waals surface area contributed by atoms with E-state index in [1.165, 1.54) is 18.4 Å². The maximum absolute atomic E-state index is 5.47. The van der Waals surface area contributed by atoms with E-state index in [0.29, 0.717) is 17.1 Å². The maximum Gasteiger partial charge on any atom is 0.122 e. The molecule has 1 aromatic carbocycles. The van der Waals surface area contributed by atoms with Gasteiger partial charge in [0.05, 0.1) is 14.2 Å². The van der Waals surface area contributed by atoms with Crippen LogP contribution in [0, 0.1) is 5.92 Å².